The summed E-state index contributed by atoms with van der Waals surface area (Å²) in [5, 5.41) is 7.08. The first-order valence-electron chi connectivity index (χ1n) is 6.63. The third kappa shape index (κ3) is 3.02. The number of nitrogens with one attached hydrogen (secondary N) is 2. The molecular weight excluding hydrogens is 258 g/mol. The van der Waals surface area contributed by atoms with Gasteiger partial charge in [-0.3, -0.25) is 0 Å². The van der Waals surface area contributed by atoms with Gasteiger partial charge in [-0.1, -0.05) is 5.16 Å². The summed E-state index contributed by atoms with van der Waals surface area (Å²) >= 11 is 0. The normalized spacial score (nSPS) is 14.3. The Kier molecular flexibility index (Phi) is 3.46. The van der Waals surface area contributed by atoms with Crippen LogP contribution in [-0.4, -0.2) is 26.7 Å². The van der Waals surface area contributed by atoms with Gasteiger partial charge < -0.3 is 15.3 Å². The van der Waals surface area contributed by atoms with E-state index >= 15 is 0 Å². The van der Waals surface area contributed by atoms with Crippen LogP contribution in [0.25, 0.3) is 0 Å². The van der Waals surface area contributed by atoms with Crippen molar-refractivity contribution in [2.45, 2.75) is 32.1 Å². The van der Waals surface area contributed by atoms with Crippen molar-refractivity contribution >= 4 is 11.6 Å². The van der Waals surface area contributed by atoms with E-state index in [0.717, 1.165) is 24.5 Å². The van der Waals surface area contributed by atoms with E-state index in [1.165, 1.54) is 0 Å². The van der Waals surface area contributed by atoms with Gasteiger partial charge in [0.25, 0.3) is 0 Å². The second-order valence-corrected chi connectivity index (χ2v) is 4.82. The van der Waals surface area contributed by atoms with Gasteiger partial charge in [0.15, 0.2) is 5.82 Å². The lowest BCUT2D eigenvalue weighted by Crippen LogP contribution is -2.13. The summed E-state index contributed by atoms with van der Waals surface area (Å²) in [5.74, 6) is 9.40. The Bertz CT molecular complexity index is 593. The number of nitrogen functional groups attached to an aromatic ring is 1. The van der Waals surface area contributed by atoms with Crippen molar-refractivity contribution in [3.8, 4) is 0 Å². The second kappa shape index (κ2) is 5.41. The van der Waals surface area contributed by atoms with Gasteiger partial charge in [0.1, 0.15) is 17.5 Å². The van der Waals surface area contributed by atoms with Gasteiger partial charge in [-0.2, -0.15) is 4.98 Å². The smallest absolute Gasteiger partial charge is 0.223 e. The standard InChI is InChI=1S/C12H17N7O/c1-7-15-9(19-20-7)4-5-14-10-6-11(18-13)17-12(16-10)8-2-3-8/h6,8H,2-5,13H2,1H3,(H2,14,16,17,18). The van der Waals surface area contributed by atoms with Crippen LogP contribution < -0.4 is 16.6 Å². The average Bonchev–Trinajstić information content (AvgIpc) is 3.22. The van der Waals surface area contributed by atoms with Gasteiger partial charge in [0, 0.05) is 31.9 Å². The lowest BCUT2D eigenvalue weighted by atomic mass is 10.3. The molecule has 0 unspecified atom stereocenters. The zero-order chi connectivity index (χ0) is 13.9. The molecule has 1 aliphatic rings. The molecule has 0 amide bonds. The fourth-order valence-electron chi connectivity index (χ4n) is 1.90. The first kappa shape index (κ1) is 12.8. The number of nitrogens with two attached hydrogens (primary N) is 1. The highest BCUT2D eigenvalue weighted by Gasteiger charge is 2.27. The Morgan fingerprint density at radius 3 is 2.75 bits per heavy atom. The fraction of sp³-hybridized carbons (Fsp3) is 0.500. The molecule has 8 nitrogen and oxygen atoms in total. The Balaban J connectivity index is 1.62. The quantitative estimate of drug-likeness (QED) is 0.528. The highest BCUT2D eigenvalue weighted by atomic mass is 16.5. The van der Waals surface area contributed by atoms with Crippen LogP contribution in [0.15, 0.2) is 10.6 Å². The number of hydrogen-bond donors (Lipinski definition) is 3. The molecule has 8 heteroatoms. The third-order valence-electron chi connectivity index (χ3n) is 3.06. The molecule has 106 valence electrons. The Hall–Kier alpha value is -2.22. The molecule has 20 heavy (non-hydrogen) atoms. The van der Waals surface area contributed by atoms with Crippen LogP contribution in [-0.2, 0) is 6.42 Å². The van der Waals surface area contributed by atoms with Crippen molar-refractivity contribution in [1.29, 1.82) is 0 Å². The van der Waals surface area contributed by atoms with E-state index in [9.17, 15) is 0 Å². The van der Waals surface area contributed by atoms with E-state index in [2.05, 4.69) is 30.9 Å². The predicted octanol–water partition coefficient (Wildman–Crippen LogP) is 0.986. The highest BCUT2D eigenvalue weighted by Crippen LogP contribution is 2.38. The lowest BCUT2D eigenvalue weighted by molar-refractivity contribution is 0.387. The minimum absolute atomic E-state index is 0.476. The first-order valence-corrected chi connectivity index (χ1v) is 6.63. The molecule has 1 saturated carbocycles. The zero-order valence-electron chi connectivity index (χ0n) is 11.3. The molecule has 1 fully saturated rings. The van der Waals surface area contributed by atoms with E-state index in [0.29, 0.717) is 36.4 Å². The number of hydrazine groups is 1. The molecule has 3 rings (SSSR count). The summed E-state index contributed by atoms with van der Waals surface area (Å²) in [5.41, 5.74) is 2.57. The van der Waals surface area contributed by atoms with E-state index in [4.69, 9.17) is 10.4 Å². The summed E-state index contributed by atoms with van der Waals surface area (Å²) in [4.78, 5) is 13.0. The number of anilines is 2. The van der Waals surface area contributed by atoms with Crippen molar-refractivity contribution in [3.05, 3.63) is 23.6 Å². The predicted molar refractivity (Wildman–Crippen MR) is 73.0 cm³/mol. The molecule has 0 aliphatic heterocycles. The lowest BCUT2D eigenvalue weighted by Gasteiger charge is -2.08. The van der Waals surface area contributed by atoms with Crippen LogP contribution in [0.5, 0.6) is 0 Å². The molecule has 0 aromatic carbocycles. The molecular formula is C12H17N7O. The van der Waals surface area contributed by atoms with Crippen molar-refractivity contribution in [2.24, 2.45) is 5.84 Å². The van der Waals surface area contributed by atoms with Crippen LogP contribution in [0.1, 0.15) is 36.3 Å². The Labute approximate surface area is 116 Å². The van der Waals surface area contributed by atoms with Crippen LogP contribution in [0.4, 0.5) is 11.6 Å². The molecule has 2 aromatic rings. The molecule has 0 atom stereocenters. The van der Waals surface area contributed by atoms with E-state index in [1.54, 1.807) is 13.0 Å². The molecule has 0 saturated heterocycles. The molecule has 2 aromatic heterocycles. The van der Waals surface area contributed by atoms with Gasteiger partial charge in [-0.25, -0.2) is 15.8 Å². The maximum absolute atomic E-state index is 5.43. The largest absolute Gasteiger partial charge is 0.369 e. The van der Waals surface area contributed by atoms with Crippen LogP contribution >= 0.6 is 0 Å². The monoisotopic (exact) mass is 275 g/mol. The number of aryl methyl sites for hydroxylation is 1. The van der Waals surface area contributed by atoms with Gasteiger partial charge in [0.05, 0.1) is 0 Å². The molecule has 2 heterocycles. The van der Waals surface area contributed by atoms with Gasteiger partial charge in [-0.15, -0.1) is 0 Å². The number of aromatic nitrogens is 4. The Morgan fingerprint density at radius 1 is 1.30 bits per heavy atom. The second-order valence-electron chi connectivity index (χ2n) is 4.82. The van der Waals surface area contributed by atoms with Crippen molar-refractivity contribution in [2.75, 3.05) is 17.3 Å². The van der Waals surface area contributed by atoms with Crippen molar-refractivity contribution < 1.29 is 4.52 Å². The van der Waals surface area contributed by atoms with Crippen LogP contribution in [0.2, 0.25) is 0 Å². The molecule has 0 bridgehead atoms. The average molecular weight is 275 g/mol. The van der Waals surface area contributed by atoms with Crippen LogP contribution in [0.3, 0.4) is 0 Å². The van der Waals surface area contributed by atoms with Crippen molar-refractivity contribution in [3.63, 3.8) is 0 Å². The van der Waals surface area contributed by atoms with Gasteiger partial charge in [-0.05, 0) is 12.8 Å². The summed E-state index contributed by atoms with van der Waals surface area (Å²) < 4.78 is 4.92. The zero-order valence-corrected chi connectivity index (χ0v) is 11.3. The molecule has 0 spiro atoms. The molecule has 4 N–H and O–H groups in total. The number of rotatable bonds is 6. The van der Waals surface area contributed by atoms with E-state index in [1.807, 2.05) is 0 Å². The van der Waals surface area contributed by atoms with E-state index < -0.39 is 0 Å². The van der Waals surface area contributed by atoms with E-state index in [-0.39, 0.29) is 0 Å². The number of nitrogens with zero attached hydrogens (tertiary/aromatic N) is 4. The summed E-state index contributed by atoms with van der Waals surface area (Å²) in [7, 11) is 0. The molecule has 0 radical (unpaired) electrons. The minimum atomic E-state index is 0.476. The SMILES string of the molecule is Cc1nc(CCNc2cc(NN)nc(C3CC3)n2)no1. The highest BCUT2D eigenvalue weighted by molar-refractivity contribution is 5.47. The third-order valence-corrected chi connectivity index (χ3v) is 3.06. The first-order chi connectivity index (χ1) is 9.74. The maximum Gasteiger partial charge on any atom is 0.223 e. The minimum Gasteiger partial charge on any atom is -0.369 e. The summed E-state index contributed by atoms with van der Waals surface area (Å²) in [6.07, 6.45) is 2.97. The number of hydrogen-bond acceptors (Lipinski definition) is 8. The Morgan fingerprint density at radius 2 is 2.10 bits per heavy atom. The topological polar surface area (TPSA) is 115 Å². The summed E-state index contributed by atoms with van der Waals surface area (Å²) in [6.45, 7) is 2.44. The fourth-order valence-corrected chi connectivity index (χ4v) is 1.90. The van der Waals surface area contributed by atoms with Gasteiger partial charge >= 0.3 is 0 Å². The van der Waals surface area contributed by atoms with Gasteiger partial charge in [0.2, 0.25) is 5.89 Å². The van der Waals surface area contributed by atoms with Crippen molar-refractivity contribution in [1.82, 2.24) is 20.1 Å². The summed E-state index contributed by atoms with van der Waals surface area (Å²) in [6, 6.07) is 1.79. The maximum atomic E-state index is 5.43. The van der Waals surface area contributed by atoms with Crippen LogP contribution in [0, 0.1) is 6.92 Å². The molecule has 1 aliphatic carbocycles.